The van der Waals surface area contributed by atoms with Gasteiger partial charge in [-0.2, -0.15) is 13.2 Å². The van der Waals surface area contributed by atoms with Crippen molar-refractivity contribution in [3.63, 3.8) is 0 Å². The molecule has 0 unspecified atom stereocenters. The van der Waals surface area contributed by atoms with E-state index in [-0.39, 0.29) is 17.9 Å². The van der Waals surface area contributed by atoms with Gasteiger partial charge in [0, 0.05) is 30.5 Å². The highest BCUT2D eigenvalue weighted by Gasteiger charge is 2.31. The Morgan fingerprint density at radius 1 is 1.03 bits per heavy atom. The highest BCUT2D eigenvalue weighted by Crippen LogP contribution is 2.30. The predicted octanol–water partition coefficient (Wildman–Crippen LogP) is 5.75. The summed E-state index contributed by atoms with van der Waals surface area (Å²) >= 11 is 0. The Kier molecular flexibility index (Phi) is 6.59. The maximum atomic E-state index is 13.5. The minimum Gasteiger partial charge on any atom is -0.345 e. The third-order valence-corrected chi connectivity index (χ3v) is 4.74. The Bertz CT molecular complexity index is 1010. The fraction of sp³-hybridized carbons (Fsp3) is 0.261. The lowest BCUT2D eigenvalue weighted by Gasteiger charge is -2.23. The van der Waals surface area contributed by atoms with E-state index in [1.54, 1.807) is 6.07 Å². The number of carbonyl (C=O) groups is 1. The maximum absolute atomic E-state index is 13.5. The molecule has 0 fully saturated rings. The molecule has 1 amide bonds. The lowest BCUT2D eigenvalue weighted by Crippen LogP contribution is -2.32. The molecule has 1 aromatic heterocycles. The molecule has 0 aliphatic rings. The van der Waals surface area contributed by atoms with Crippen LogP contribution in [-0.4, -0.2) is 21.9 Å². The summed E-state index contributed by atoms with van der Waals surface area (Å²) in [6, 6.07) is 14.4. The first-order valence-corrected chi connectivity index (χ1v) is 9.63. The average molecular weight is 418 g/mol. The summed E-state index contributed by atoms with van der Waals surface area (Å²) in [5, 5.41) is 0. The van der Waals surface area contributed by atoms with Gasteiger partial charge < -0.3 is 9.47 Å². The highest BCUT2D eigenvalue weighted by atomic mass is 19.4. The van der Waals surface area contributed by atoms with Crippen LogP contribution in [0, 0.1) is 5.82 Å². The third-order valence-electron chi connectivity index (χ3n) is 4.74. The van der Waals surface area contributed by atoms with E-state index in [1.165, 1.54) is 29.2 Å². The van der Waals surface area contributed by atoms with Crippen LogP contribution in [0.25, 0.3) is 0 Å². The molecule has 30 heavy (non-hydrogen) atoms. The van der Waals surface area contributed by atoms with Gasteiger partial charge in [-0.25, -0.2) is 4.39 Å². The van der Waals surface area contributed by atoms with Crippen molar-refractivity contribution in [1.82, 2.24) is 9.47 Å². The molecule has 158 valence electrons. The van der Waals surface area contributed by atoms with Crippen LogP contribution in [0.2, 0.25) is 0 Å². The lowest BCUT2D eigenvalue weighted by atomic mass is 10.1. The quantitative estimate of drug-likeness (QED) is 0.449. The van der Waals surface area contributed by atoms with Gasteiger partial charge >= 0.3 is 6.18 Å². The van der Waals surface area contributed by atoms with Crippen LogP contribution < -0.4 is 0 Å². The first-order chi connectivity index (χ1) is 14.3. The van der Waals surface area contributed by atoms with Crippen LogP contribution >= 0.6 is 0 Å². The van der Waals surface area contributed by atoms with Crippen LogP contribution in [0.3, 0.4) is 0 Å². The van der Waals surface area contributed by atoms with Gasteiger partial charge in [0.15, 0.2) is 0 Å². The summed E-state index contributed by atoms with van der Waals surface area (Å²) in [6.07, 6.45) is -2.01. The van der Waals surface area contributed by atoms with Crippen molar-refractivity contribution in [2.75, 3.05) is 6.54 Å². The Morgan fingerprint density at radius 3 is 2.50 bits per heavy atom. The van der Waals surface area contributed by atoms with E-state index in [0.717, 1.165) is 23.4 Å². The largest absolute Gasteiger partial charge is 0.416 e. The van der Waals surface area contributed by atoms with Crippen molar-refractivity contribution in [2.24, 2.45) is 0 Å². The zero-order valence-corrected chi connectivity index (χ0v) is 16.5. The molecule has 0 saturated carbocycles. The second-order valence-corrected chi connectivity index (χ2v) is 7.06. The molecule has 0 aliphatic heterocycles. The summed E-state index contributed by atoms with van der Waals surface area (Å²) in [5.74, 6) is -0.782. The van der Waals surface area contributed by atoms with E-state index in [9.17, 15) is 22.4 Å². The Hall–Kier alpha value is -3.09. The van der Waals surface area contributed by atoms with Crippen molar-refractivity contribution >= 4 is 5.91 Å². The van der Waals surface area contributed by atoms with Gasteiger partial charge in [0.1, 0.15) is 5.82 Å². The Balaban J connectivity index is 1.81. The number of hydrogen-bond acceptors (Lipinski definition) is 1. The summed E-state index contributed by atoms with van der Waals surface area (Å²) in [4.78, 5) is 14.5. The molecule has 0 bridgehead atoms. The zero-order valence-electron chi connectivity index (χ0n) is 16.5. The smallest absolute Gasteiger partial charge is 0.345 e. The minimum absolute atomic E-state index is 0.00140. The van der Waals surface area contributed by atoms with Crippen molar-refractivity contribution in [2.45, 2.75) is 32.6 Å². The minimum atomic E-state index is -4.51. The number of halogens is 4. The normalized spacial score (nSPS) is 11.5. The van der Waals surface area contributed by atoms with Gasteiger partial charge in [-0.15, -0.1) is 0 Å². The Morgan fingerprint density at radius 2 is 1.80 bits per heavy atom. The first-order valence-electron chi connectivity index (χ1n) is 9.63. The molecule has 0 N–H and O–H groups in total. The molecule has 0 saturated heterocycles. The second-order valence-electron chi connectivity index (χ2n) is 7.06. The van der Waals surface area contributed by atoms with Gasteiger partial charge in [0.2, 0.25) is 0 Å². The molecular weight excluding hydrogens is 396 g/mol. The molecule has 7 heteroatoms. The summed E-state index contributed by atoms with van der Waals surface area (Å²) in [7, 11) is 0. The monoisotopic (exact) mass is 418 g/mol. The van der Waals surface area contributed by atoms with E-state index in [0.29, 0.717) is 19.5 Å². The molecule has 1 heterocycles. The number of rotatable bonds is 7. The van der Waals surface area contributed by atoms with Gasteiger partial charge in [-0.05, 0) is 54.4 Å². The number of alkyl halides is 3. The number of aromatic nitrogens is 1. The van der Waals surface area contributed by atoms with Crippen molar-refractivity contribution in [3.05, 3.63) is 95.1 Å². The fourth-order valence-electron chi connectivity index (χ4n) is 3.31. The summed E-state index contributed by atoms with van der Waals surface area (Å²) in [6.45, 7) is 2.97. The highest BCUT2D eigenvalue weighted by molar-refractivity contribution is 5.94. The average Bonchev–Trinajstić information content (AvgIpc) is 3.13. The zero-order chi connectivity index (χ0) is 21.7. The first kappa shape index (κ1) is 21.6. The van der Waals surface area contributed by atoms with E-state index >= 15 is 0 Å². The number of nitrogens with zero attached hydrogens (tertiary/aromatic N) is 2. The second kappa shape index (κ2) is 9.15. The molecule has 0 spiro atoms. The standard InChI is InChI=1S/C23H22F4N2O/c1-2-11-29(22(30)18-7-4-8-19(14-18)23(25,26)27)16-21-10-5-12-28(21)15-17-6-3-9-20(24)13-17/h3-10,12-14H,2,11,15-16H2,1H3. The van der Waals surface area contributed by atoms with Gasteiger partial charge in [-0.1, -0.05) is 25.1 Å². The molecular formula is C23H22F4N2O. The van der Waals surface area contributed by atoms with E-state index in [2.05, 4.69) is 0 Å². The number of benzene rings is 2. The van der Waals surface area contributed by atoms with Gasteiger partial charge in [-0.3, -0.25) is 4.79 Å². The van der Waals surface area contributed by atoms with Crippen molar-refractivity contribution in [3.8, 4) is 0 Å². The van der Waals surface area contributed by atoms with E-state index in [1.807, 2.05) is 35.9 Å². The van der Waals surface area contributed by atoms with Crippen LogP contribution in [0.15, 0.2) is 66.9 Å². The van der Waals surface area contributed by atoms with Crippen molar-refractivity contribution < 1.29 is 22.4 Å². The van der Waals surface area contributed by atoms with Gasteiger partial charge in [0.05, 0.1) is 12.1 Å². The fourth-order valence-corrected chi connectivity index (χ4v) is 3.31. The molecule has 3 nitrogen and oxygen atoms in total. The van der Waals surface area contributed by atoms with Gasteiger partial charge in [0.25, 0.3) is 5.91 Å². The van der Waals surface area contributed by atoms with Crippen LogP contribution in [0.5, 0.6) is 0 Å². The summed E-state index contributed by atoms with van der Waals surface area (Å²) in [5.41, 5.74) is 0.743. The van der Waals surface area contributed by atoms with Crippen LogP contribution in [0.1, 0.15) is 40.5 Å². The summed E-state index contributed by atoms with van der Waals surface area (Å²) < 4.78 is 54.4. The molecule has 0 aliphatic carbocycles. The topological polar surface area (TPSA) is 25.2 Å². The maximum Gasteiger partial charge on any atom is 0.416 e. The van der Waals surface area contributed by atoms with E-state index < -0.39 is 17.6 Å². The van der Waals surface area contributed by atoms with E-state index in [4.69, 9.17) is 0 Å². The lowest BCUT2D eigenvalue weighted by molar-refractivity contribution is -0.137. The molecule has 0 atom stereocenters. The predicted molar refractivity (Wildman–Crippen MR) is 106 cm³/mol. The molecule has 2 aromatic carbocycles. The van der Waals surface area contributed by atoms with Crippen LogP contribution in [-0.2, 0) is 19.3 Å². The SMILES string of the molecule is CCCN(Cc1cccn1Cc1cccc(F)c1)C(=O)c1cccc(C(F)(F)F)c1. The molecule has 0 radical (unpaired) electrons. The molecule has 3 aromatic rings. The third kappa shape index (κ3) is 5.28. The molecule has 3 rings (SSSR count). The van der Waals surface area contributed by atoms with Crippen molar-refractivity contribution in [1.29, 1.82) is 0 Å². The number of amides is 1. The Labute approximate surface area is 172 Å². The number of hydrogen-bond donors (Lipinski definition) is 0. The number of carbonyl (C=O) groups excluding carboxylic acids is 1. The van der Waals surface area contributed by atoms with Crippen LogP contribution in [0.4, 0.5) is 17.6 Å².